The number of aryl methyl sites for hydroxylation is 2. The highest BCUT2D eigenvalue weighted by Gasteiger charge is 2.08. The van der Waals surface area contributed by atoms with Crippen molar-refractivity contribution in [1.82, 2.24) is 20.2 Å². The maximum atomic E-state index is 5.16. The molecule has 0 fully saturated rings. The zero-order chi connectivity index (χ0) is 10.1. The lowest BCUT2D eigenvalue weighted by atomic mass is 10.2. The van der Waals surface area contributed by atoms with Crippen LogP contribution in [-0.4, -0.2) is 20.2 Å². The Bertz CT molecular complexity index is 516. The standard InChI is InChI=1S/C8H8N4OS/c1-4-6(3-9-5(2)10-4)7-11-12-8(14)13-7/h3H,1-2H3,(H,12,14). The van der Waals surface area contributed by atoms with Crippen molar-refractivity contribution in [2.45, 2.75) is 13.8 Å². The van der Waals surface area contributed by atoms with E-state index in [1.165, 1.54) is 0 Å². The van der Waals surface area contributed by atoms with Crippen molar-refractivity contribution in [3.63, 3.8) is 0 Å². The van der Waals surface area contributed by atoms with Crippen molar-refractivity contribution in [1.29, 1.82) is 0 Å². The zero-order valence-corrected chi connectivity index (χ0v) is 8.55. The number of hydrogen-bond donors (Lipinski definition) is 1. The first-order valence-electron chi connectivity index (χ1n) is 4.03. The largest absolute Gasteiger partial charge is 0.409 e. The van der Waals surface area contributed by atoms with Gasteiger partial charge < -0.3 is 4.42 Å². The van der Waals surface area contributed by atoms with Gasteiger partial charge in [0.15, 0.2) is 0 Å². The third kappa shape index (κ3) is 1.56. The molecule has 2 aromatic rings. The van der Waals surface area contributed by atoms with Crippen molar-refractivity contribution in [2.24, 2.45) is 0 Å². The fourth-order valence-corrected chi connectivity index (χ4v) is 1.26. The Hall–Kier alpha value is -1.56. The summed E-state index contributed by atoms with van der Waals surface area (Å²) in [6.45, 7) is 3.70. The monoisotopic (exact) mass is 208 g/mol. The second-order valence-electron chi connectivity index (χ2n) is 2.83. The minimum atomic E-state index is 0.250. The maximum absolute atomic E-state index is 5.16. The molecule has 2 aromatic heterocycles. The molecule has 6 heteroatoms. The molecule has 5 nitrogen and oxygen atoms in total. The van der Waals surface area contributed by atoms with E-state index in [0.717, 1.165) is 17.1 Å². The molecule has 14 heavy (non-hydrogen) atoms. The molecule has 0 saturated heterocycles. The Balaban J connectivity index is 2.57. The van der Waals surface area contributed by atoms with Gasteiger partial charge in [-0.2, -0.15) is 0 Å². The molecule has 2 heterocycles. The van der Waals surface area contributed by atoms with Crippen LogP contribution in [0.5, 0.6) is 0 Å². The van der Waals surface area contributed by atoms with Crippen molar-refractivity contribution < 1.29 is 4.42 Å². The van der Waals surface area contributed by atoms with E-state index < -0.39 is 0 Å². The number of aromatic nitrogens is 4. The van der Waals surface area contributed by atoms with Crippen LogP contribution in [0.4, 0.5) is 0 Å². The number of rotatable bonds is 1. The van der Waals surface area contributed by atoms with E-state index in [-0.39, 0.29) is 4.84 Å². The van der Waals surface area contributed by atoms with Crippen molar-refractivity contribution in [3.05, 3.63) is 22.6 Å². The van der Waals surface area contributed by atoms with Crippen LogP contribution in [-0.2, 0) is 0 Å². The molecule has 0 aliphatic carbocycles. The van der Waals surface area contributed by atoms with Crippen LogP contribution < -0.4 is 0 Å². The molecular weight excluding hydrogens is 200 g/mol. The molecule has 0 atom stereocenters. The van der Waals surface area contributed by atoms with Gasteiger partial charge in [0, 0.05) is 6.20 Å². The summed E-state index contributed by atoms with van der Waals surface area (Å²) in [6, 6.07) is 0. The summed E-state index contributed by atoms with van der Waals surface area (Å²) in [5.74, 6) is 1.15. The Morgan fingerprint density at radius 3 is 2.79 bits per heavy atom. The lowest BCUT2D eigenvalue weighted by Gasteiger charge is -1.99. The van der Waals surface area contributed by atoms with Crippen LogP contribution >= 0.6 is 12.2 Å². The number of nitrogens with zero attached hydrogens (tertiary/aromatic N) is 3. The molecule has 0 bridgehead atoms. The highest BCUT2D eigenvalue weighted by molar-refractivity contribution is 7.71. The summed E-state index contributed by atoms with van der Waals surface area (Å²) in [7, 11) is 0. The lowest BCUT2D eigenvalue weighted by Crippen LogP contribution is -1.93. The van der Waals surface area contributed by atoms with Gasteiger partial charge in [0.25, 0.3) is 4.84 Å². The van der Waals surface area contributed by atoms with Gasteiger partial charge in [-0.3, -0.25) is 0 Å². The summed E-state index contributed by atoms with van der Waals surface area (Å²) in [5.41, 5.74) is 1.57. The second kappa shape index (κ2) is 3.30. The first kappa shape index (κ1) is 9.01. The van der Waals surface area contributed by atoms with Crippen LogP contribution in [0.2, 0.25) is 0 Å². The minimum absolute atomic E-state index is 0.250. The van der Waals surface area contributed by atoms with Crippen LogP contribution in [0.3, 0.4) is 0 Å². The fraction of sp³-hybridized carbons (Fsp3) is 0.250. The third-order valence-corrected chi connectivity index (χ3v) is 1.94. The smallest absolute Gasteiger partial charge is 0.284 e. The maximum Gasteiger partial charge on any atom is 0.284 e. The predicted octanol–water partition coefficient (Wildman–Crippen LogP) is 1.81. The Labute approximate surface area is 85.2 Å². The zero-order valence-electron chi connectivity index (χ0n) is 7.74. The Morgan fingerprint density at radius 2 is 2.21 bits per heavy atom. The van der Waals surface area contributed by atoms with E-state index in [1.54, 1.807) is 6.20 Å². The number of nitrogens with one attached hydrogen (secondary N) is 1. The first-order chi connectivity index (χ1) is 6.66. The number of H-pyrrole nitrogens is 1. The van der Waals surface area contributed by atoms with E-state index >= 15 is 0 Å². The molecule has 0 spiro atoms. The second-order valence-corrected chi connectivity index (χ2v) is 3.21. The molecule has 2 rings (SSSR count). The quantitative estimate of drug-likeness (QED) is 0.724. The molecule has 0 aromatic carbocycles. The lowest BCUT2D eigenvalue weighted by molar-refractivity contribution is 0.551. The third-order valence-electron chi connectivity index (χ3n) is 1.77. The molecule has 0 aliphatic rings. The molecule has 0 unspecified atom stereocenters. The molecular formula is C8H8N4OS. The van der Waals surface area contributed by atoms with Gasteiger partial charge in [-0.1, -0.05) is 0 Å². The predicted molar refractivity (Wildman–Crippen MR) is 52.2 cm³/mol. The molecule has 0 aliphatic heterocycles. The highest BCUT2D eigenvalue weighted by Crippen LogP contribution is 2.18. The van der Waals surface area contributed by atoms with E-state index in [0.29, 0.717) is 5.89 Å². The average molecular weight is 208 g/mol. The van der Waals surface area contributed by atoms with Crippen molar-refractivity contribution in [2.75, 3.05) is 0 Å². The van der Waals surface area contributed by atoms with E-state index in [4.69, 9.17) is 16.6 Å². The van der Waals surface area contributed by atoms with Gasteiger partial charge in [-0.05, 0) is 26.1 Å². The normalized spacial score (nSPS) is 10.4. The summed E-state index contributed by atoms with van der Waals surface area (Å²) in [6.07, 6.45) is 1.67. The van der Waals surface area contributed by atoms with E-state index in [2.05, 4.69) is 20.2 Å². The molecule has 1 N–H and O–H groups in total. The average Bonchev–Trinajstić information content (AvgIpc) is 2.51. The van der Waals surface area contributed by atoms with E-state index in [1.807, 2.05) is 13.8 Å². The van der Waals surface area contributed by atoms with E-state index in [9.17, 15) is 0 Å². The summed E-state index contributed by atoms with van der Waals surface area (Å²) in [5, 5.41) is 6.45. The topological polar surface area (TPSA) is 67.6 Å². The Kier molecular flexibility index (Phi) is 2.12. The van der Waals surface area contributed by atoms with Gasteiger partial charge in [-0.25, -0.2) is 15.1 Å². The van der Waals surface area contributed by atoms with Crippen molar-refractivity contribution >= 4 is 12.2 Å². The number of aromatic amines is 1. The van der Waals surface area contributed by atoms with Crippen molar-refractivity contribution in [3.8, 4) is 11.5 Å². The van der Waals surface area contributed by atoms with Crippen LogP contribution in [0, 0.1) is 18.7 Å². The minimum Gasteiger partial charge on any atom is -0.409 e. The summed E-state index contributed by atoms with van der Waals surface area (Å²) >= 11 is 4.78. The molecule has 0 radical (unpaired) electrons. The van der Waals surface area contributed by atoms with Crippen LogP contribution in [0.15, 0.2) is 10.6 Å². The fourth-order valence-electron chi connectivity index (χ4n) is 1.14. The molecule has 0 amide bonds. The van der Waals surface area contributed by atoms with Gasteiger partial charge in [0.2, 0.25) is 5.89 Å². The van der Waals surface area contributed by atoms with Gasteiger partial charge in [-0.15, -0.1) is 5.10 Å². The van der Waals surface area contributed by atoms with Crippen LogP contribution in [0.25, 0.3) is 11.5 Å². The first-order valence-corrected chi connectivity index (χ1v) is 4.44. The van der Waals surface area contributed by atoms with Crippen LogP contribution in [0.1, 0.15) is 11.5 Å². The highest BCUT2D eigenvalue weighted by atomic mass is 32.1. The summed E-state index contributed by atoms with van der Waals surface area (Å²) < 4.78 is 5.16. The number of hydrogen-bond acceptors (Lipinski definition) is 5. The van der Waals surface area contributed by atoms with Gasteiger partial charge >= 0.3 is 0 Å². The van der Waals surface area contributed by atoms with Gasteiger partial charge in [0.05, 0.1) is 11.3 Å². The SMILES string of the molecule is Cc1ncc(-c2n[nH]c(=S)o2)c(C)n1. The summed E-state index contributed by atoms with van der Waals surface area (Å²) in [4.78, 5) is 8.52. The Morgan fingerprint density at radius 1 is 1.43 bits per heavy atom. The van der Waals surface area contributed by atoms with Gasteiger partial charge in [0.1, 0.15) is 5.82 Å². The molecule has 72 valence electrons. The molecule has 0 saturated carbocycles.